The number of hydrogen-bond donors (Lipinski definition) is 1. The summed E-state index contributed by atoms with van der Waals surface area (Å²) in [6.45, 7) is 4.64. The number of benzene rings is 1. The molecule has 1 fully saturated rings. The fourth-order valence-electron chi connectivity index (χ4n) is 5.15. The SMILES string of the molecule is CCc1cc(O)ccc1[C@H]1CC[C@]2(C)C(c3cccnc3)=CC[C@H]2C1. The van der Waals surface area contributed by atoms with Gasteiger partial charge in [-0.15, -0.1) is 0 Å². The van der Waals surface area contributed by atoms with Gasteiger partial charge in [-0.3, -0.25) is 4.98 Å². The average molecular weight is 333 g/mol. The molecule has 1 aromatic carbocycles. The Morgan fingerprint density at radius 2 is 2.16 bits per heavy atom. The largest absolute Gasteiger partial charge is 0.508 e. The van der Waals surface area contributed by atoms with E-state index in [4.69, 9.17) is 0 Å². The molecule has 0 aliphatic heterocycles. The Labute approximate surface area is 150 Å². The van der Waals surface area contributed by atoms with Crippen LogP contribution in [0.1, 0.15) is 62.1 Å². The van der Waals surface area contributed by atoms with Crippen LogP contribution in [-0.2, 0) is 6.42 Å². The molecule has 0 spiro atoms. The number of phenols is 1. The molecule has 1 saturated carbocycles. The molecule has 2 aliphatic carbocycles. The first-order valence-corrected chi connectivity index (χ1v) is 9.54. The van der Waals surface area contributed by atoms with Gasteiger partial charge in [-0.05, 0) is 89.8 Å². The van der Waals surface area contributed by atoms with Gasteiger partial charge >= 0.3 is 0 Å². The second kappa shape index (κ2) is 6.33. The lowest BCUT2D eigenvalue weighted by Crippen LogP contribution is -2.31. The van der Waals surface area contributed by atoms with Crippen LogP contribution in [0, 0.1) is 11.3 Å². The topological polar surface area (TPSA) is 33.1 Å². The molecule has 4 rings (SSSR count). The number of rotatable bonds is 3. The minimum atomic E-state index is 0.281. The van der Waals surface area contributed by atoms with Crippen LogP contribution in [0.4, 0.5) is 0 Å². The Bertz CT molecular complexity index is 795. The Kier molecular flexibility index (Phi) is 4.15. The van der Waals surface area contributed by atoms with E-state index in [1.165, 1.54) is 47.9 Å². The fourth-order valence-corrected chi connectivity index (χ4v) is 5.15. The molecule has 0 unspecified atom stereocenters. The van der Waals surface area contributed by atoms with Gasteiger partial charge in [0, 0.05) is 12.4 Å². The summed E-state index contributed by atoms with van der Waals surface area (Å²) in [4.78, 5) is 4.33. The van der Waals surface area contributed by atoms with Crippen molar-refractivity contribution in [2.45, 2.75) is 51.9 Å². The Hall–Kier alpha value is -2.09. The van der Waals surface area contributed by atoms with Crippen LogP contribution in [0.25, 0.3) is 5.57 Å². The molecule has 2 aliphatic rings. The summed E-state index contributed by atoms with van der Waals surface area (Å²) in [6, 6.07) is 10.2. The number of nitrogens with zero attached hydrogens (tertiary/aromatic N) is 1. The van der Waals surface area contributed by atoms with Crippen molar-refractivity contribution in [1.29, 1.82) is 0 Å². The molecule has 0 amide bonds. The van der Waals surface area contributed by atoms with Crippen LogP contribution in [0.15, 0.2) is 48.8 Å². The van der Waals surface area contributed by atoms with Crippen molar-refractivity contribution in [2.75, 3.05) is 0 Å². The summed E-state index contributed by atoms with van der Waals surface area (Å²) >= 11 is 0. The van der Waals surface area contributed by atoms with Crippen molar-refractivity contribution < 1.29 is 5.11 Å². The summed E-state index contributed by atoms with van der Waals surface area (Å²) in [5.74, 6) is 1.72. The first-order chi connectivity index (χ1) is 12.1. The van der Waals surface area contributed by atoms with Gasteiger partial charge in [0.25, 0.3) is 0 Å². The van der Waals surface area contributed by atoms with Gasteiger partial charge in [0.05, 0.1) is 0 Å². The lowest BCUT2D eigenvalue weighted by molar-refractivity contribution is 0.180. The number of pyridine rings is 1. The second-order valence-electron chi connectivity index (χ2n) is 7.92. The standard InChI is InChI=1S/C23H27NO/c1-3-16-14-20(25)7-8-21(16)17-10-11-23(2)19(13-17)6-9-22(23)18-5-4-12-24-15-18/h4-5,7-9,12,14-15,17,19,25H,3,6,10-11,13H2,1-2H3/t17-,19-,23-/m0/s1. The van der Waals surface area contributed by atoms with E-state index in [0.29, 0.717) is 17.6 Å². The minimum Gasteiger partial charge on any atom is -0.508 e. The Morgan fingerprint density at radius 3 is 2.92 bits per heavy atom. The molecule has 1 heterocycles. The normalized spacial score (nSPS) is 28.5. The van der Waals surface area contributed by atoms with Crippen molar-refractivity contribution in [3.8, 4) is 5.75 Å². The molecule has 25 heavy (non-hydrogen) atoms. The molecule has 1 N–H and O–H groups in total. The van der Waals surface area contributed by atoms with E-state index >= 15 is 0 Å². The predicted molar refractivity (Wildman–Crippen MR) is 103 cm³/mol. The first kappa shape index (κ1) is 16.4. The maximum absolute atomic E-state index is 9.80. The number of aryl methyl sites for hydroxylation is 1. The minimum absolute atomic E-state index is 0.281. The molecular weight excluding hydrogens is 306 g/mol. The van der Waals surface area contributed by atoms with Crippen molar-refractivity contribution in [3.63, 3.8) is 0 Å². The first-order valence-electron chi connectivity index (χ1n) is 9.54. The van der Waals surface area contributed by atoms with E-state index in [-0.39, 0.29) is 5.41 Å². The molecule has 2 heteroatoms. The lowest BCUT2D eigenvalue weighted by atomic mass is 9.61. The van der Waals surface area contributed by atoms with Gasteiger partial charge in [0.1, 0.15) is 5.75 Å². The highest BCUT2D eigenvalue weighted by Crippen LogP contribution is 2.58. The molecule has 0 radical (unpaired) electrons. The third kappa shape index (κ3) is 2.78. The molecule has 0 bridgehead atoms. The third-order valence-electron chi connectivity index (χ3n) is 6.62. The molecule has 2 nitrogen and oxygen atoms in total. The van der Waals surface area contributed by atoms with Gasteiger partial charge in [-0.1, -0.05) is 32.1 Å². The summed E-state index contributed by atoms with van der Waals surface area (Å²) in [5.41, 5.74) is 5.85. The van der Waals surface area contributed by atoms with Crippen LogP contribution in [-0.4, -0.2) is 10.1 Å². The van der Waals surface area contributed by atoms with E-state index in [1.807, 2.05) is 30.6 Å². The monoisotopic (exact) mass is 333 g/mol. The highest BCUT2D eigenvalue weighted by molar-refractivity contribution is 5.72. The fraction of sp³-hybridized carbons (Fsp3) is 0.435. The van der Waals surface area contributed by atoms with E-state index in [1.54, 1.807) is 0 Å². The van der Waals surface area contributed by atoms with Crippen molar-refractivity contribution in [2.24, 2.45) is 11.3 Å². The van der Waals surface area contributed by atoms with Gasteiger partial charge in [0.2, 0.25) is 0 Å². The number of aromatic nitrogens is 1. The van der Waals surface area contributed by atoms with Crippen molar-refractivity contribution in [3.05, 3.63) is 65.5 Å². The number of phenolic OH excluding ortho intramolecular Hbond substituents is 1. The highest BCUT2D eigenvalue weighted by atomic mass is 16.3. The third-order valence-corrected chi connectivity index (χ3v) is 6.62. The zero-order valence-corrected chi connectivity index (χ0v) is 15.2. The maximum Gasteiger partial charge on any atom is 0.115 e. The van der Waals surface area contributed by atoms with Crippen molar-refractivity contribution in [1.82, 2.24) is 4.98 Å². The molecule has 0 saturated heterocycles. The Morgan fingerprint density at radius 1 is 1.28 bits per heavy atom. The van der Waals surface area contributed by atoms with E-state index in [9.17, 15) is 5.11 Å². The van der Waals surface area contributed by atoms with E-state index in [2.05, 4.69) is 37.0 Å². The van der Waals surface area contributed by atoms with Crippen LogP contribution < -0.4 is 0 Å². The van der Waals surface area contributed by atoms with E-state index in [0.717, 1.165) is 6.42 Å². The predicted octanol–water partition coefficient (Wildman–Crippen LogP) is 5.73. The maximum atomic E-state index is 9.80. The number of fused-ring (bicyclic) bond motifs is 1. The summed E-state index contributed by atoms with van der Waals surface area (Å²) in [7, 11) is 0. The average Bonchev–Trinajstić information content (AvgIpc) is 2.98. The van der Waals surface area contributed by atoms with Crippen LogP contribution in [0.3, 0.4) is 0 Å². The second-order valence-corrected chi connectivity index (χ2v) is 7.92. The van der Waals surface area contributed by atoms with Crippen LogP contribution in [0.5, 0.6) is 5.75 Å². The molecular formula is C23H27NO. The molecule has 3 atom stereocenters. The highest BCUT2D eigenvalue weighted by Gasteiger charge is 2.45. The quantitative estimate of drug-likeness (QED) is 0.778. The Balaban J connectivity index is 1.59. The summed E-state index contributed by atoms with van der Waals surface area (Å²) < 4.78 is 0. The number of allylic oxidation sites excluding steroid dienone is 2. The molecule has 130 valence electrons. The van der Waals surface area contributed by atoms with Gasteiger partial charge in [-0.25, -0.2) is 0 Å². The zero-order chi connectivity index (χ0) is 17.4. The molecule has 2 aromatic rings. The number of hydrogen-bond acceptors (Lipinski definition) is 2. The zero-order valence-electron chi connectivity index (χ0n) is 15.2. The van der Waals surface area contributed by atoms with Crippen LogP contribution in [0.2, 0.25) is 0 Å². The number of aromatic hydroxyl groups is 1. The van der Waals surface area contributed by atoms with E-state index < -0.39 is 0 Å². The van der Waals surface area contributed by atoms with Crippen molar-refractivity contribution >= 4 is 5.57 Å². The molecule has 1 aromatic heterocycles. The van der Waals surface area contributed by atoms with Gasteiger partial charge in [0.15, 0.2) is 0 Å². The summed E-state index contributed by atoms with van der Waals surface area (Å²) in [5, 5.41) is 9.80. The lowest BCUT2D eigenvalue weighted by Gasteiger charge is -2.43. The van der Waals surface area contributed by atoms with Gasteiger partial charge in [-0.2, -0.15) is 0 Å². The summed E-state index contributed by atoms with van der Waals surface area (Å²) in [6.07, 6.45) is 12.2. The smallest absolute Gasteiger partial charge is 0.115 e. The van der Waals surface area contributed by atoms with Gasteiger partial charge < -0.3 is 5.11 Å². The van der Waals surface area contributed by atoms with Crippen LogP contribution >= 0.6 is 0 Å².